The minimum absolute atomic E-state index is 0.160. The molecule has 0 spiro atoms. The Hall–Kier alpha value is -2.76. The van der Waals surface area contributed by atoms with Gasteiger partial charge in [0.25, 0.3) is 0 Å². The number of phenols is 1. The fourth-order valence-electron chi connectivity index (χ4n) is 2.94. The molecule has 0 saturated carbocycles. The number of benzene rings is 2. The summed E-state index contributed by atoms with van der Waals surface area (Å²) >= 11 is 0. The van der Waals surface area contributed by atoms with Crippen LogP contribution in [0.1, 0.15) is 11.1 Å². The van der Waals surface area contributed by atoms with Gasteiger partial charge in [-0.1, -0.05) is 18.2 Å². The molecule has 1 aliphatic rings. The van der Waals surface area contributed by atoms with Gasteiger partial charge in [-0.15, -0.1) is 0 Å². The third-order valence-corrected chi connectivity index (χ3v) is 3.96. The predicted octanol–water partition coefficient (Wildman–Crippen LogP) is 4.52. The quantitative estimate of drug-likeness (QED) is 0.663. The number of para-hydroxylation sites is 1. The minimum atomic E-state index is -4.68. The van der Waals surface area contributed by atoms with Crippen molar-refractivity contribution in [1.82, 2.24) is 4.98 Å². The van der Waals surface area contributed by atoms with E-state index in [1.165, 1.54) is 12.3 Å². The highest BCUT2D eigenvalue weighted by molar-refractivity contribution is 5.93. The summed E-state index contributed by atoms with van der Waals surface area (Å²) in [6.45, 7) is 0.160. The molecule has 1 aromatic heterocycles. The fourth-order valence-corrected chi connectivity index (χ4v) is 2.94. The summed E-state index contributed by atoms with van der Waals surface area (Å²) in [4.78, 5) is 3.99. The van der Waals surface area contributed by atoms with Crippen LogP contribution in [0.25, 0.3) is 22.0 Å². The summed E-state index contributed by atoms with van der Waals surface area (Å²) in [5, 5.41) is 9.95. The van der Waals surface area contributed by atoms with Crippen molar-refractivity contribution in [1.29, 1.82) is 0 Å². The number of halogens is 3. The molecule has 0 atom stereocenters. The number of pyridine rings is 1. The zero-order valence-electron chi connectivity index (χ0n) is 11.7. The van der Waals surface area contributed by atoms with E-state index in [2.05, 4.69) is 4.98 Å². The van der Waals surface area contributed by atoms with Gasteiger partial charge in [0, 0.05) is 28.3 Å². The van der Waals surface area contributed by atoms with Gasteiger partial charge in [0.05, 0.1) is 5.52 Å². The Kier molecular flexibility index (Phi) is 2.78. The standard InChI is InChI=1S/C17H10F3NO2/c18-17(19,20)15-13(22)6-5-10-12-8-23-14-4-2-1-3-9(14)11(12)7-21-16(10)15/h1-7,22H,8H2. The molecular weight excluding hydrogens is 307 g/mol. The van der Waals surface area contributed by atoms with Gasteiger partial charge >= 0.3 is 6.18 Å². The van der Waals surface area contributed by atoms with Crippen LogP contribution in [0.15, 0.2) is 42.6 Å². The smallest absolute Gasteiger partial charge is 0.422 e. The molecule has 0 amide bonds. The average molecular weight is 317 g/mol. The summed E-state index contributed by atoms with van der Waals surface area (Å²) in [7, 11) is 0. The molecule has 0 aliphatic carbocycles. The zero-order valence-corrected chi connectivity index (χ0v) is 11.7. The van der Waals surface area contributed by atoms with Gasteiger partial charge in [0.1, 0.15) is 23.7 Å². The Labute approximate surface area is 129 Å². The van der Waals surface area contributed by atoms with Gasteiger partial charge in [0.15, 0.2) is 0 Å². The van der Waals surface area contributed by atoms with Crippen molar-refractivity contribution < 1.29 is 23.0 Å². The number of alkyl halides is 3. The summed E-state index contributed by atoms with van der Waals surface area (Å²) in [5.41, 5.74) is 0.804. The van der Waals surface area contributed by atoms with Crippen LogP contribution in [0.4, 0.5) is 13.2 Å². The van der Waals surface area contributed by atoms with Crippen LogP contribution in [0.2, 0.25) is 0 Å². The van der Waals surface area contributed by atoms with Gasteiger partial charge in [-0.3, -0.25) is 4.98 Å². The van der Waals surface area contributed by atoms with Crippen molar-refractivity contribution in [2.75, 3.05) is 0 Å². The van der Waals surface area contributed by atoms with E-state index >= 15 is 0 Å². The Morgan fingerprint density at radius 3 is 2.61 bits per heavy atom. The summed E-state index contributed by atoms with van der Waals surface area (Å²) in [6.07, 6.45) is -3.27. The second-order valence-electron chi connectivity index (χ2n) is 5.29. The van der Waals surface area contributed by atoms with Crippen LogP contribution in [0.3, 0.4) is 0 Å². The summed E-state index contributed by atoms with van der Waals surface area (Å²) in [5.74, 6) is -0.148. The second kappa shape index (κ2) is 4.62. The Morgan fingerprint density at radius 1 is 1.04 bits per heavy atom. The van der Waals surface area contributed by atoms with Crippen LogP contribution < -0.4 is 4.74 Å². The first kappa shape index (κ1) is 13.9. The van der Waals surface area contributed by atoms with E-state index in [1.807, 2.05) is 18.2 Å². The largest absolute Gasteiger partial charge is 0.507 e. The van der Waals surface area contributed by atoms with Crippen molar-refractivity contribution in [3.63, 3.8) is 0 Å². The highest BCUT2D eigenvalue weighted by Gasteiger charge is 2.37. The molecule has 1 N–H and O–H groups in total. The number of aromatic hydroxyl groups is 1. The van der Waals surface area contributed by atoms with Crippen LogP contribution in [-0.2, 0) is 12.8 Å². The van der Waals surface area contributed by atoms with Gasteiger partial charge in [0.2, 0.25) is 0 Å². The molecule has 2 heterocycles. The molecule has 2 aromatic carbocycles. The molecule has 0 saturated heterocycles. The molecule has 0 radical (unpaired) electrons. The van der Waals surface area contributed by atoms with E-state index in [-0.39, 0.29) is 12.1 Å². The number of fused-ring (bicyclic) bond motifs is 5. The summed E-state index contributed by atoms with van der Waals surface area (Å²) in [6, 6.07) is 9.81. The summed E-state index contributed by atoms with van der Waals surface area (Å²) < 4.78 is 45.3. The van der Waals surface area contributed by atoms with Crippen molar-refractivity contribution in [3.05, 3.63) is 53.7 Å². The normalized spacial score (nSPS) is 13.3. The van der Waals surface area contributed by atoms with Crippen molar-refractivity contribution in [2.24, 2.45) is 0 Å². The molecule has 4 rings (SSSR count). The Balaban J connectivity index is 2.06. The van der Waals surface area contributed by atoms with E-state index in [4.69, 9.17) is 4.74 Å². The van der Waals surface area contributed by atoms with E-state index in [0.717, 1.165) is 17.2 Å². The predicted molar refractivity (Wildman–Crippen MR) is 78.2 cm³/mol. The van der Waals surface area contributed by atoms with Crippen molar-refractivity contribution >= 4 is 10.9 Å². The number of nitrogens with zero attached hydrogens (tertiary/aromatic N) is 1. The maximum atomic E-state index is 13.2. The molecule has 6 heteroatoms. The third kappa shape index (κ3) is 2.02. The number of rotatable bonds is 0. The Bertz CT molecular complexity index is 935. The van der Waals surface area contributed by atoms with Crippen LogP contribution in [-0.4, -0.2) is 10.1 Å². The van der Waals surface area contributed by atoms with Crippen molar-refractivity contribution in [2.45, 2.75) is 12.8 Å². The number of aromatic nitrogens is 1. The zero-order chi connectivity index (χ0) is 16.2. The molecule has 0 bridgehead atoms. The maximum Gasteiger partial charge on any atom is 0.422 e. The van der Waals surface area contributed by atoms with Crippen molar-refractivity contribution in [3.8, 4) is 22.6 Å². The fraction of sp³-hybridized carbons (Fsp3) is 0.118. The number of hydrogen-bond acceptors (Lipinski definition) is 3. The van der Waals surface area contributed by atoms with Crippen LogP contribution in [0.5, 0.6) is 11.5 Å². The molecule has 0 unspecified atom stereocenters. The SMILES string of the molecule is Oc1ccc2c3c(cnc2c1C(F)(F)F)-c1ccccc1OC3. The van der Waals surface area contributed by atoms with E-state index in [1.54, 1.807) is 6.07 Å². The molecular formula is C17H10F3NO2. The molecule has 23 heavy (non-hydrogen) atoms. The third-order valence-electron chi connectivity index (χ3n) is 3.96. The van der Waals surface area contributed by atoms with Gasteiger partial charge < -0.3 is 9.84 Å². The van der Waals surface area contributed by atoms with Crippen LogP contribution >= 0.6 is 0 Å². The number of ether oxygens (including phenoxy) is 1. The second-order valence-corrected chi connectivity index (χ2v) is 5.29. The number of phenolic OH excluding ortho intramolecular Hbond substituents is 1. The molecule has 3 aromatic rings. The lowest BCUT2D eigenvalue weighted by atomic mass is 9.94. The molecule has 1 aliphatic heterocycles. The van der Waals surface area contributed by atoms with Gasteiger partial charge in [-0.2, -0.15) is 13.2 Å². The lowest BCUT2D eigenvalue weighted by molar-refractivity contribution is -0.137. The first-order valence-electron chi connectivity index (χ1n) is 6.90. The molecule has 0 fully saturated rings. The first-order chi connectivity index (χ1) is 11.0. The first-order valence-corrected chi connectivity index (χ1v) is 6.90. The van der Waals surface area contributed by atoms with E-state index in [9.17, 15) is 18.3 Å². The molecule has 116 valence electrons. The Morgan fingerprint density at radius 2 is 1.83 bits per heavy atom. The highest BCUT2D eigenvalue weighted by atomic mass is 19.4. The molecule has 3 nitrogen and oxygen atoms in total. The topological polar surface area (TPSA) is 42.4 Å². The van der Waals surface area contributed by atoms with Crippen LogP contribution in [0, 0.1) is 0 Å². The monoisotopic (exact) mass is 317 g/mol. The van der Waals surface area contributed by atoms with Gasteiger partial charge in [-0.25, -0.2) is 0 Å². The minimum Gasteiger partial charge on any atom is -0.507 e. The maximum absolute atomic E-state index is 13.2. The number of hydrogen-bond donors (Lipinski definition) is 1. The van der Waals surface area contributed by atoms with Gasteiger partial charge in [-0.05, 0) is 18.2 Å². The van der Waals surface area contributed by atoms with E-state index in [0.29, 0.717) is 16.7 Å². The average Bonchev–Trinajstić information content (AvgIpc) is 2.52. The lowest BCUT2D eigenvalue weighted by Gasteiger charge is -2.22. The highest BCUT2D eigenvalue weighted by Crippen LogP contribution is 2.44. The lowest BCUT2D eigenvalue weighted by Crippen LogP contribution is -2.11. The van der Waals surface area contributed by atoms with E-state index < -0.39 is 17.5 Å².